The molecule has 2 aliphatic rings. The molecule has 1 saturated heterocycles. The zero-order chi connectivity index (χ0) is 22.6. The van der Waals surface area contributed by atoms with Gasteiger partial charge in [-0.2, -0.15) is 0 Å². The molecule has 0 spiro atoms. The van der Waals surface area contributed by atoms with E-state index in [-0.39, 0.29) is 11.8 Å². The van der Waals surface area contributed by atoms with E-state index in [0.29, 0.717) is 37.6 Å². The van der Waals surface area contributed by atoms with Crippen LogP contribution in [0.25, 0.3) is 11.3 Å². The molecule has 1 aliphatic heterocycles. The molecule has 172 valence electrons. The van der Waals surface area contributed by atoms with E-state index in [1.165, 1.54) is 18.4 Å². The fraction of sp³-hybridized carbons (Fsp3) is 0.577. The van der Waals surface area contributed by atoms with E-state index in [9.17, 15) is 9.59 Å². The molecule has 1 saturated carbocycles. The summed E-state index contributed by atoms with van der Waals surface area (Å²) in [5.74, 6) is 1.40. The molecule has 6 nitrogen and oxygen atoms in total. The third-order valence-electron chi connectivity index (χ3n) is 7.11. The van der Waals surface area contributed by atoms with Crippen molar-refractivity contribution < 1.29 is 14.1 Å². The third kappa shape index (κ3) is 5.05. The van der Waals surface area contributed by atoms with Crippen LogP contribution in [0.15, 0.2) is 34.9 Å². The SMILES string of the molecule is CCNC(=O)[C@@]1(Cc2cc(-c3ccc(C)cc3)no2)CCCN(C(=O)CC2CCCC2)C1. The molecule has 2 amide bonds. The second-order valence-corrected chi connectivity index (χ2v) is 9.63. The van der Waals surface area contributed by atoms with E-state index in [0.717, 1.165) is 43.5 Å². The molecule has 2 heterocycles. The number of benzene rings is 1. The quantitative estimate of drug-likeness (QED) is 0.691. The lowest BCUT2D eigenvalue weighted by molar-refractivity contribution is -0.142. The lowest BCUT2D eigenvalue weighted by atomic mass is 9.75. The molecule has 0 unspecified atom stereocenters. The number of nitrogens with one attached hydrogen (secondary N) is 1. The number of rotatable bonds is 7. The summed E-state index contributed by atoms with van der Waals surface area (Å²) in [6.07, 6.45) is 7.41. The largest absolute Gasteiger partial charge is 0.361 e. The summed E-state index contributed by atoms with van der Waals surface area (Å²) in [4.78, 5) is 28.2. The maximum absolute atomic E-state index is 13.2. The van der Waals surface area contributed by atoms with Crippen molar-refractivity contribution in [2.75, 3.05) is 19.6 Å². The van der Waals surface area contributed by atoms with Crippen LogP contribution in [-0.2, 0) is 16.0 Å². The highest BCUT2D eigenvalue weighted by Crippen LogP contribution is 2.36. The number of nitrogens with zero attached hydrogens (tertiary/aromatic N) is 2. The molecular formula is C26H35N3O3. The lowest BCUT2D eigenvalue weighted by Gasteiger charge is -2.41. The summed E-state index contributed by atoms with van der Waals surface area (Å²) < 4.78 is 5.68. The molecule has 1 aromatic carbocycles. The highest BCUT2D eigenvalue weighted by atomic mass is 16.5. The van der Waals surface area contributed by atoms with Crippen molar-refractivity contribution in [3.63, 3.8) is 0 Å². The highest BCUT2D eigenvalue weighted by molar-refractivity contribution is 5.85. The van der Waals surface area contributed by atoms with Crippen molar-refractivity contribution in [2.24, 2.45) is 11.3 Å². The summed E-state index contributed by atoms with van der Waals surface area (Å²) in [6.45, 7) is 5.74. The minimum Gasteiger partial charge on any atom is -0.361 e. The zero-order valence-electron chi connectivity index (χ0n) is 19.4. The van der Waals surface area contributed by atoms with E-state index >= 15 is 0 Å². The van der Waals surface area contributed by atoms with Gasteiger partial charge in [0.1, 0.15) is 11.5 Å². The van der Waals surface area contributed by atoms with Crippen LogP contribution in [0, 0.1) is 18.3 Å². The molecule has 1 aliphatic carbocycles. The van der Waals surface area contributed by atoms with Crippen LogP contribution in [0.3, 0.4) is 0 Å². The van der Waals surface area contributed by atoms with Crippen molar-refractivity contribution in [3.8, 4) is 11.3 Å². The molecule has 1 aromatic heterocycles. The van der Waals surface area contributed by atoms with Gasteiger partial charge < -0.3 is 14.7 Å². The van der Waals surface area contributed by atoms with Crippen LogP contribution >= 0.6 is 0 Å². The molecule has 1 atom stereocenters. The number of likely N-dealkylation sites (tertiary alicyclic amines) is 1. The van der Waals surface area contributed by atoms with Gasteiger partial charge in [-0.1, -0.05) is 47.8 Å². The lowest BCUT2D eigenvalue weighted by Crippen LogP contribution is -2.54. The number of carbonyl (C=O) groups excluding carboxylic acids is 2. The molecule has 2 fully saturated rings. The number of carbonyl (C=O) groups is 2. The Bertz CT molecular complexity index is 930. The minimum atomic E-state index is -0.677. The van der Waals surface area contributed by atoms with E-state index in [4.69, 9.17) is 4.52 Å². The minimum absolute atomic E-state index is 0.00616. The van der Waals surface area contributed by atoms with Crippen molar-refractivity contribution in [3.05, 3.63) is 41.7 Å². The van der Waals surface area contributed by atoms with Crippen molar-refractivity contribution in [1.82, 2.24) is 15.4 Å². The van der Waals surface area contributed by atoms with Gasteiger partial charge in [-0.25, -0.2) is 0 Å². The molecule has 32 heavy (non-hydrogen) atoms. The second kappa shape index (κ2) is 9.88. The molecule has 1 N–H and O–H groups in total. The monoisotopic (exact) mass is 437 g/mol. The number of hydrogen-bond donors (Lipinski definition) is 1. The first-order valence-corrected chi connectivity index (χ1v) is 12.1. The fourth-order valence-electron chi connectivity index (χ4n) is 5.28. The fourth-order valence-corrected chi connectivity index (χ4v) is 5.28. The van der Waals surface area contributed by atoms with Crippen LogP contribution in [-0.4, -0.2) is 41.5 Å². The predicted molar refractivity (Wildman–Crippen MR) is 124 cm³/mol. The first-order chi connectivity index (χ1) is 15.5. The second-order valence-electron chi connectivity index (χ2n) is 9.63. The first kappa shape index (κ1) is 22.6. The Morgan fingerprint density at radius 3 is 2.66 bits per heavy atom. The van der Waals surface area contributed by atoms with E-state index < -0.39 is 5.41 Å². The number of aromatic nitrogens is 1. The predicted octanol–water partition coefficient (Wildman–Crippen LogP) is 4.52. The summed E-state index contributed by atoms with van der Waals surface area (Å²) in [5, 5.41) is 7.27. The average molecular weight is 438 g/mol. The number of hydrogen-bond acceptors (Lipinski definition) is 4. The van der Waals surface area contributed by atoms with Gasteiger partial charge in [-0.15, -0.1) is 0 Å². The first-order valence-electron chi connectivity index (χ1n) is 12.1. The van der Waals surface area contributed by atoms with Crippen LogP contribution in [0.4, 0.5) is 0 Å². The number of amides is 2. The Morgan fingerprint density at radius 2 is 1.94 bits per heavy atom. The molecule has 0 bridgehead atoms. The summed E-state index contributed by atoms with van der Waals surface area (Å²) in [7, 11) is 0. The maximum atomic E-state index is 13.2. The number of piperidine rings is 1. The van der Waals surface area contributed by atoms with Crippen LogP contribution in [0.2, 0.25) is 0 Å². The van der Waals surface area contributed by atoms with Crippen LogP contribution in [0.5, 0.6) is 0 Å². The van der Waals surface area contributed by atoms with Gasteiger partial charge in [-0.3, -0.25) is 9.59 Å². The van der Waals surface area contributed by atoms with Gasteiger partial charge in [0.05, 0.1) is 5.41 Å². The van der Waals surface area contributed by atoms with E-state index in [2.05, 4.69) is 29.5 Å². The van der Waals surface area contributed by atoms with E-state index in [1.807, 2.05) is 30.0 Å². The zero-order valence-corrected chi connectivity index (χ0v) is 19.4. The van der Waals surface area contributed by atoms with Gasteiger partial charge in [0.15, 0.2) is 0 Å². The van der Waals surface area contributed by atoms with Crippen molar-refractivity contribution in [1.29, 1.82) is 0 Å². The normalized spacial score (nSPS) is 21.6. The summed E-state index contributed by atoms with van der Waals surface area (Å²) in [6, 6.07) is 10.1. The Morgan fingerprint density at radius 1 is 1.19 bits per heavy atom. The Labute approximate surface area is 190 Å². The van der Waals surface area contributed by atoms with Crippen molar-refractivity contribution >= 4 is 11.8 Å². The molecular weight excluding hydrogens is 402 g/mol. The Hall–Kier alpha value is -2.63. The molecule has 6 heteroatoms. The van der Waals surface area contributed by atoms with E-state index in [1.54, 1.807) is 0 Å². The number of aryl methyl sites for hydroxylation is 1. The standard InChI is InChI=1S/C26H35N3O3/c1-3-27-25(31)26(13-6-14-29(18-26)24(30)15-20-7-4-5-8-20)17-22-16-23(28-32-22)21-11-9-19(2)10-12-21/h9-12,16,20H,3-8,13-15,17-18H2,1-2H3,(H,27,31)/t26-/m1/s1. The average Bonchev–Trinajstić information content (AvgIpc) is 3.47. The maximum Gasteiger partial charge on any atom is 0.228 e. The van der Waals surface area contributed by atoms with Crippen LogP contribution < -0.4 is 5.32 Å². The van der Waals surface area contributed by atoms with Crippen LogP contribution in [0.1, 0.15) is 63.2 Å². The molecule has 4 rings (SSSR count). The van der Waals surface area contributed by atoms with Gasteiger partial charge in [0.25, 0.3) is 0 Å². The summed E-state index contributed by atoms with van der Waals surface area (Å²) in [5.41, 5.74) is 2.28. The highest BCUT2D eigenvalue weighted by Gasteiger charge is 2.44. The molecule has 2 aromatic rings. The Kier molecular flexibility index (Phi) is 6.97. The smallest absolute Gasteiger partial charge is 0.228 e. The van der Waals surface area contributed by atoms with Gasteiger partial charge in [-0.05, 0) is 45.4 Å². The van der Waals surface area contributed by atoms with Gasteiger partial charge >= 0.3 is 0 Å². The van der Waals surface area contributed by atoms with Crippen molar-refractivity contribution in [2.45, 2.75) is 65.2 Å². The third-order valence-corrected chi connectivity index (χ3v) is 7.11. The summed E-state index contributed by atoms with van der Waals surface area (Å²) >= 11 is 0. The topological polar surface area (TPSA) is 75.4 Å². The Balaban J connectivity index is 1.52. The van der Waals surface area contributed by atoms with Gasteiger partial charge in [0, 0.05) is 44.1 Å². The van der Waals surface area contributed by atoms with Gasteiger partial charge in [0.2, 0.25) is 11.8 Å². The molecule has 0 radical (unpaired) electrons.